The number of thioether (sulfide) groups is 1. The van der Waals surface area contributed by atoms with Crippen molar-refractivity contribution in [2.45, 2.75) is 12.1 Å². The topological polar surface area (TPSA) is 72.2 Å². The first-order chi connectivity index (χ1) is 15.1. The Kier molecular flexibility index (Phi) is 6.96. The monoisotopic (exact) mass is 511 g/mol. The molecule has 0 radical (unpaired) electrons. The molecule has 9 heteroatoms. The summed E-state index contributed by atoms with van der Waals surface area (Å²) in [6, 6.07) is 21.7. The van der Waals surface area contributed by atoms with E-state index in [2.05, 4.69) is 36.7 Å². The lowest BCUT2D eigenvalue weighted by atomic mass is 10.2. The normalized spacial score (nSPS) is 11.2. The average Bonchev–Trinajstić information content (AvgIpc) is 3.39. The fourth-order valence-corrected chi connectivity index (χ4v) is 4.57. The number of hydrogen-bond acceptors (Lipinski definition) is 6. The van der Waals surface area contributed by atoms with E-state index in [0.29, 0.717) is 11.0 Å². The molecule has 2 aromatic carbocycles. The van der Waals surface area contributed by atoms with E-state index in [-0.39, 0.29) is 11.7 Å². The van der Waals surface area contributed by atoms with Crippen LogP contribution in [0.5, 0.6) is 0 Å². The van der Waals surface area contributed by atoms with E-state index in [1.165, 1.54) is 16.6 Å². The molecule has 0 saturated heterocycles. The van der Waals surface area contributed by atoms with Gasteiger partial charge in [0.05, 0.1) is 12.0 Å². The third-order valence-electron chi connectivity index (χ3n) is 4.22. The van der Waals surface area contributed by atoms with Crippen molar-refractivity contribution in [3.8, 4) is 17.1 Å². The zero-order chi connectivity index (χ0) is 21.6. The van der Waals surface area contributed by atoms with Crippen molar-refractivity contribution >= 4 is 51.2 Å². The maximum Gasteiger partial charge on any atom is 0.250 e. The summed E-state index contributed by atoms with van der Waals surface area (Å²) in [5.74, 6) is 0.682. The van der Waals surface area contributed by atoms with Crippen molar-refractivity contribution < 1.29 is 4.79 Å². The highest BCUT2D eigenvalue weighted by molar-refractivity contribution is 9.10. The molecular weight excluding hydrogens is 494 g/mol. The lowest BCUT2D eigenvalue weighted by Crippen LogP contribution is -2.19. The van der Waals surface area contributed by atoms with Crippen LogP contribution in [0.1, 0.15) is 9.75 Å². The van der Waals surface area contributed by atoms with Gasteiger partial charge in [-0.15, -0.1) is 21.5 Å². The smallest absolute Gasteiger partial charge is 0.250 e. The Balaban J connectivity index is 1.50. The highest BCUT2D eigenvalue weighted by Crippen LogP contribution is 2.28. The van der Waals surface area contributed by atoms with E-state index in [9.17, 15) is 4.79 Å². The van der Waals surface area contributed by atoms with Gasteiger partial charge in [-0.3, -0.25) is 9.36 Å². The van der Waals surface area contributed by atoms with Crippen LogP contribution in [0, 0.1) is 6.92 Å². The SMILES string of the molecule is Cc1ccc(/C=N/NC(=O)CSc2nnc(-c3ccc(Br)cc3)n2-c2ccccc2)s1. The molecule has 2 heterocycles. The van der Waals surface area contributed by atoms with Crippen molar-refractivity contribution in [2.75, 3.05) is 5.75 Å². The van der Waals surface area contributed by atoms with Crippen LogP contribution in [-0.4, -0.2) is 32.6 Å². The molecular formula is C22H18BrN5OS2. The lowest BCUT2D eigenvalue weighted by molar-refractivity contribution is -0.118. The Morgan fingerprint density at radius 3 is 2.61 bits per heavy atom. The number of thiophene rings is 1. The summed E-state index contributed by atoms with van der Waals surface area (Å²) >= 11 is 6.40. The van der Waals surface area contributed by atoms with E-state index < -0.39 is 0 Å². The van der Waals surface area contributed by atoms with Crippen molar-refractivity contribution in [3.63, 3.8) is 0 Å². The Labute approximate surface area is 196 Å². The molecule has 0 aliphatic rings. The fourth-order valence-electron chi connectivity index (χ4n) is 2.81. The number of halogens is 1. The summed E-state index contributed by atoms with van der Waals surface area (Å²) in [6.45, 7) is 2.03. The van der Waals surface area contributed by atoms with Gasteiger partial charge >= 0.3 is 0 Å². The van der Waals surface area contributed by atoms with Crippen LogP contribution in [0.2, 0.25) is 0 Å². The Hall–Kier alpha value is -2.75. The number of nitrogens with zero attached hydrogens (tertiary/aromatic N) is 4. The summed E-state index contributed by atoms with van der Waals surface area (Å²) in [5, 5.41) is 13.4. The highest BCUT2D eigenvalue weighted by atomic mass is 79.9. The first kappa shape index (κ1) is 21.5. The van der Waals surface area contributed by atoms with E-state index >= 15 is 0 Å². The highest BCUT2D eigenvalue weighted by Gasteiger charge is 2.17. The van der Waals surface area contributed by atoms with Crippen LogP contribution in [-0.2, 0) is 4.79 Å². The average molecular weight is 512 g/mol. The molecule has 0 fully saturated rings. The lowest BCUT2D eigenvalue weighted by Gasteiger charge is -2.10. The number of aryl methyl sites for hydroxylation is 1. The number of carbonyl (C=O) groups is 1. The fraction of sp³-hybridized carbons (Fsp3) is 0.0909. The molecule has 2 aromatic heterocycles. The van der Waals surface area contributed by atoms with Crippen LogP contribution in [0.25, 0.3) is 17.1 Å². The van der Waals surface area contributed by atoms with Gasteiger partial charge in [-0.1, -0.05) is 58.0 Å². The maximum absolute atomic E-state index is 12.3. The quantitative estimate of drug-likeness (QED) is 0.207. The van der Waals surface area contributed by atoms with Gasteiger partial charge in [-0.2, -0.15) is 5.10 Å². The van der Waals surface area contributed by atoms with Crippen LogP contribution in [0.15, 0.2) is 81.5 Å². The second kappa shape index (κ2) is 10.0. The van der Waals surface area contributed by atoms with Crippen molar-refractivity contribution in [2.24, 2.45) is 5.10 Å². The zero-order valence-electron chi connectivity index (χ0n) is 16.5. The van der Waals surface area contributed by atoms with Gasteiger partial charge in [-0.25, -0.2) is 5.43 Å². The van der Waals surface area contributed by atoms with Crippen molar-refractivity contribution in [1.82, 2.24) is 20.2 Å². The van der Waals surface area contributed by atoms with Crippen molar-refractivity contribution in [3.05, 3.63) is 81.0 Å². The van der Waals surface area contributed by atoms with Gasteiger partial charge in [0, 0.05) is 25.5 Å². The zero-order valence-corrected chi connectivity index (χ0v) is 19.7. The number of amides is 1. The third kappa shape index (κ3) is 5.49. The molecule has 1 N–H and O–H groups in total. The number of carbonyl (C=O) groups excluding carboxylic acids is 1. The van der Waals surface area contributed by atoms with Gasteiger partial charge in [0.15, 0.2) is 11.0 Å². The predicted molar refractivity (Wildman–Crippen MR) is 130 cm³/mol. The number of hydrogen-bond donors (Lipinski definition) is 1. The Morgan fingerprint density at radius 2 is 1.90 bits per heavy atom. The maximum atomic E-state index is 12.3. The number of benzene rings is 2. The van der Waals surface area contributed by atoms with Gasteiger partial charge in [-0.05, 0) is 43.3 Å². The molecule has 0 atom stereocenters. The van der Waals surface area contributed by atoms with Gasteiger partial charge in [0.1, 0.15) is 0 Å². The van der Waals surface area contributed by atoms with E-state index in [4.69, 9.17) is 0 Å². The molecule has 0 aliphatic heterocycles. The largest absolute Gasteiger partial charge is 0.272 e. The van der Waals surface area contributed by atoms with Crippen LogP contribution in [0.3, 0.4) is 0 Å². The van der Waals surface area contributed by atoms with Crippen molar-refractivity contribution in [1.29, 1.82) is 0 Å². The molecule has 0 unspecified atom stereocenters. The second-order valence-electron chi connectivity index (χ2n) is 6.51. The standard InChI is InChI=1S/C22H18BrN5OS2/c1-15-7-12-19(31-15)13-24-25-20(29)14-30-22-27-26-21(16-8-10-17(23)11-9-16)28(22)18-5-3-2-4-6-18/h2-13H,14H2,1H3,(H,25,29)/b24-13+. The molecule has 0 aliphatic carbocycles. The number of para-hydroxylation sites is 1. The predicted octanol–water partition coefficient (Wildman–Crippen LogP) is 5.31. The van der Waals surface area contributed by atoms with Gasteiger partial charge < -0.3 is 0 Å². The molecule has 31 heavy (non-hydrogen) atoms. The minimum Gasteiger partial charge on any atom is -0.272 e. The number of nitrogens with one attached hydrogen (secondary N) is 1. The minimum absolute atomic E-state index is 0.173. The summed E-state index contributed by atoms with van der Waals surface area (Å²) < 4.78 is 2.95. The summed E-state index contributed by atoms with van der Waals surface area (Å²) in [6.07, 6.45) is 1.65. The molecule has 6 nitrogen and oxygen atoms in total. The molecule has 0 saturated carbocycles. The van der Waals surface area contributed by atoms with Crippen LogP contribution >= 0.6 is 39.0 Å². The number of hydrazone groups is 1. The Bertz CT molecular complexity index is 1200. The summed E-state index contributed by atoms with van der Waals surface area (Å²) in [5.41, 5.74) is 4.44. The minimum atomic E-state index is -0.206. The molecule has 156 valence electrons. The molecule has 4 rings (SSSR count). The van der Waals surface area contributed by atoms with Crippen LogP contribution in [0.4, 0.5) is 0 Å². The van der Waals surface area contributed by atoms with Gasteiger partial charge in [0.25, 0.3) is 5.91 Å². The summed E-state index contributed by atoms with van der Waals surface area (Å²) in [4.78, 5) is 14.5. The molecule has 0 bridgehead atoms. The van der Waals surface area contributed by atoms with Gasteiger partial charge in [0.2, 0.25) is 0 Å². The first-order valence-electron chi connectivity index (χ1n) is 9.38. The second-order valence-corrected chi connectivity index (χ2v) is 9.69. The molecule has 4 aromatic rings. The number of aromatic nitrogens is 3. The van der Waals surface area contributed by atoms with E-state index in [1.54, 1.807) is 17.6 Å². The number of rotatable bonds is 7. The Morgan fingerprint density at radius 1 is 1.13 bits per heavy atom. The van der Waals surface area contributed by atoms with E-state index in [0.717, 1.165) is 20.6 Å². The third-order valence-corrected chi connectivity index (χ3v) is 6.62. The summed E-state index contributed by atoms with van der Waals surface area (Å²) in [7, 11) is 0. The van der Waals surface area contributed by atoms with E-state index in [1.807, 2.05) is 78.2 Å². The van der Waals surface area contributed by atoms with Crippen LogP contribution < -0.4 is 5.43 Å². The molecule has 0 spiro atoms. The molecule has 1 amide bonds. The first-order valence-corrected chi connectivity index (χ1v) is 12.0.